The maximum Gasteiger partial charge on any atom is 0.343 e. The molecule has 1 N–H and O–H groups in total. The molecule has 4 nitrogen and oxygen atoms in total. The third-order valence-corrected chi connectivity index (χ3v) is 6.33. The number of esters is 1. The molecule has 3 aromatic carbocycles. The fourth-order valence-electron chi connectivity index (χ4n) is 4.49. The number of rotatable bonds is 10. The standard InChI is InChI=1S/C30H37NO3/c1-21(2)31(22(3)4)18-17-27(25-9-7-6-8-10-25)28-19-24(20-32)13-16-29(28)34-30(33)26-14-11-23(5)12-15-26/h6-16,19,21-22,27,32H,17-18,20H2,1-5H3. The van der Waals surface area contributed by atoms with Gasteiger partial charge in [-0.1, -0.05) is 54.1 Å². The summed E-state index contributed by atoms with van der Waals surface area (Å²) in [6, 6.07) is 24.2. The van der Waals surface area contributed by atoms with E-state index in [1.807, 2.05) is 55.5 Å². The molecule has 0 aliphatic rings. The summed E-state index contributed by atoms with van der Waals surface area (Å²) in [5, 5.41) is 9.84. The van der Waals surface area contributed by atoms with Crippen molar-refractivity contribution < 1.29 is 14.6 Å². The Kier molecular flexibility index (Phi) is 9.03. The largest absolute Gasteiger partial charge is 0.423 e. The molecule has 0 heterocycles. The van der Waals surface area contributed by atoms with Crippen molar-refractivity contribution in [3.05, 3.63) is 101 Å². The van der Waals surface area contributed by atoms with E-state index in [1.54, 1.807) is 12.1 Å². The summed E-state index contributed by atoms with van der Waals surface area (Å²) in [6.07, 6.45) is 0.865. The molecule has 3 rings (SSSR count). The summed E-state index contributed by atoms with van der Waals surface area (Å²) in [7, 11) is 0. The van der Waals surface area contributed by atoms with Crippen LogP contribution in [0.15, 0.2) is 72.8 Å². The monoisotopic (exact) mass is 459 g/mol. The molecule has 34 heavy (non-hydrogen) atoms. The van der Waals surface area contributed by atoms with Crippen molar-refractivity contribution in [2.45, 2.75) is 65.6 Å². The lowest BCUT2D eigenvalue weighted by atomic mass is 9.86. The number of ether oxygens (including phenoxy) is 1. The predicted molar refractivity (Wildman–Crippen MR) is 138 cm³/mol. The Bertz CT molecular complexity index is 1050. The van der Waals surface area contributed by atoms with Crippen molar-refractivity contribution in [1.82, 2.24) is 4.90 Å². The first-order valence-corrected chi connectivity index (χ1v) is 12.1. The third kappa shape index (κ3) is 6.55. The van der Waals surface area contributed by atoms with Crippen LogP contribution in [0.25, 0.3) is 0 Å². The molecule has 0 radical (unpaired) electrons. The molecule has 0 amide bonds. The molecule has 4 heteroatoms. The van der Waals surface area contributed by atoms with E-state index >= 15 is 0 Å². The van der Waals surface area contributed by atoms with E-state index in [1.165, 1.54) is 0 Å². The van der Waals surface area contributed by atoms with Gasteiger partial charge in [0, 0.05) is 23.6 Å². The average molecular weight is 460 g/mol. The van der Waals surface area contributed by atoms with Gasteiger partial charge in [-0.25, -0.2) is 4.79 Å². The van der Waals surface area contributed by atoms with Crippen molar-refractivity contribution in [3.63, 3.8) is 0 Å². The Hall–Kier alpha value is -2.95. The summed E-state index contributed by atoms with van der Waals surface area (Å²) in [5.41, 5.74) is 4.50. The second kappa shape index (κ2) is 12.0. The van der Waals surface area contributed by atoms with Crippen LogP contribution >= 0.6 is 0 Å². The fourth-order valence-corrected chi connectivity index (χ4v) is 4.49. The van der Waals surface area contributed by atoms with E-state index in [4.69, 9.17) is 4.74 Å². The van der Waals surface area contributed by atoms with E-state index in [0.717, 1.165) is 35.2 Å². The van der Waals surface area contributed by atoms with E-state index < -0.39 is 0 Å². The van der Waals surface area contributed by atoms with Gasteiger partial charge < -0.3 is 9.84 Å². The number of nitrogens with zero attached hydrogens (tertiary/aromatic N) is 1. The number of aliphatic hydroxyl groups is 1. The van der Waals surface area contributed by atoms with Crippen LogP contribution in [-0.4, -0.2) is 34.6 Å². The second-order valence-corrected chi connectivity index (χ2v) is 9.46. The molecule has 0 saturated heterocycles. The Morgan fingerprint density at radius 3 is 2.15 bits per heavy atom. The molecular weight excluding hydrogens is 422 g/mol. The lowest BCUT2D eigenvalue weighted by Gasteiger charge is -2.32. The first-order chi connectivity index (χ1) is 16.3. The highest BCUT2D eigenvalue weighted by molar-refractivity contribution is 5.91. The van der Waals surface area contributed by atoms with Gasteiger partial charge in [0.1, 0.15) is 5.75 Å². The minimum absolute atomic E-state index is 0.0218. The third-order valence-electron chi connectivity index (χ3n) is 6.33. The molecule has 0 aliphatic heterocycles. The summed E-state index contributed by atoms with van der Waals surface area (Å²) in [6.45, 7) is 11.7. The van der Waals surface area contributed by atoms with E-state index in [-0.39, 0.29) is 18.5 Å². The highest BCUT2D eigenvalue weighted by atomic mass is 16.5. The number of carbonyl (C=O) groups is 1. The molecule has 0 aliphatic carbocycles. The van der Waals surface area contributed by atoms with Crippen LogP contribution in [0.3, 0.4) is 0 Å². The summed E-state index contributed by atoms with van der Waals surface area (Å²) >= 11 is 0. The van der Waals surface area contributed by atoms with Gasteiger partial charge in [0.25, 0.3) is 0 Å². The molecule has 1 unspecified atom stereocenters. The Morgan fingerprint density at radius 2 is 1.56 bits per heavy atom. The smallest absolute Gasteiger partial charge is 0.343 e. The number of hydrogen-bond donors (Lipinski definition) is 1. The minimum Gasteiger partial charge on any atom is -0.423 e. The van der Waals surface area contributed by atoms with E-state index in [2.05, 4.69) is 44.7 Å². The predicted octanol–water partition coefficient (Wildman–Crippen LogP) is 6.35. The first kappa shape index (κ1) is 25.7. The van der Waals surface area contributed by atoms with Crippen LogP contribution in [0, 0.1) is 6.92 Å². The first-order valence-electron chi connectivity index (χ1n) is 12.1. The Labute approximate surface area is 204 Å². The van der Waals surface area contributed by atoms with E-state index in [0.29, 0.717) is 23.4 Å². The number of hydrogen-bond acceptors (Lipinski definition) is 4. The van der Waals surface area contributed by atoms with Gasteiger partial charge in [0.05, 0.1) is 12.2 Å². The van der Waals surface area contributed by atoms with E-state index in [9.17, 15) is 9.90 Å². The van der Waals surface area contributed by atoms with Gasteiger partial charge in [-0.3, -0.25) is 4.90 Å². The maximum absolute atomic E-state index is 13.0. The zero-order valence-corrected chi connectivity index (χ0v) is 21.0. The van der Waals surface area contributed by atoms with Crippen molar-refractivity contribution in [3.8, 4) is 5.75 Å². The zero-order chi connectivity index (χ0) is 24.7. The number of aliphatic hydroxyl groups excluding tert-OH is 1. The highest BCUT2D eigenvalue weighted by Crippen LogP contribution is 2.36. The van der Waals surface area contributed by atoms with Crippen molar-refractivity contribution in [2.75, 3.05) is 6.54 Å². The molecule has 0 saturated carbocycles. The van der Waals surface area contributed by atoms with Crippen LogP contribution in [0.5, 0.6) is 5.75 Å². The Morgan fingerprint density at radius 1 is 0.912 bits per heavy atom. The highest BCUT2D eigenvalue weighted by Gasteiger charge is 2.23. The lowest BCUT2D eigenvalue weighted by molar-refractivity contribution is 0.0732. The van der Waals surface area contributed by atoms with Crippen LogP contribution < -0.4 is 4.74 Å². The summed E-state index contributed by atoms with van der Waals surface area (Å²) < 4.78 is 5.94. The second-order valence-electron chi connectivity index (χ2n) is 9.46. The van der Waals surface area contributed by atoms with Gasteiger partial charge >= 0.3 is 5.97 Å². The molecule has 180 valence electrons. The van der Waals surface area contributed by atoms with Gasteiger partial charge in [0.15, 0.2) is 0 Å². The molecule has 0 bridgehead atoms. The molecule has 1 atom stereocenters. The molecule has 3 aromatic rings. The average Bonchev–Trinajstić information content (AvgIpc) is 2.82. The number of carbonyl (C=O) groups excluding carboxylic acids is 1. The molecule has 0 spiro atoms. The molecule has 0 aromatic heterocycles. The van der Waals surface area contributed by atoms with Crippen molar-refractivity contribution >= 4 is 5.97 Å². The fraction of sp³-hybridized carbons (Fsp3) is 0.367. The summed E-state index contributed by atoms with van der Waals surface area (Å²) in [4.78, 5) is 15.4. The SMILES string of the molecule is Cc1ccc(C(=O)Oc2ccc(CO)cc2C(CCN(C(C)C)C(C)C)c2ccccc2)cc1. The zero-order valence-electron chi connectivity index (χ0n) is 21.0. The van der Waals surface area contributed by atoms with Gasteiger partial charge in [-0.05, 0) is 83.0 Å². The van der Waals surface area contributed by atoms with Crippen molar-refractivity contribution in [2.24, 2.45) is 0 Å². The number of aryl methyl sites for hydroxylation is 1. The van der Waals surface area contributed by atoms with Gasteiger partial charge in [-0.15, -0.1) is 0 Å². The molecule has 0 fully saturated rings. The Balaban J connectivity index is 1.99. The van der Waals surface area contributed by atoms with Crippen LogP contribution in [0.2, 0.25) is 0 Å². The van der Waals surface area contributed by atoms with Crippen LogP contribution in [0.1, 0.15) is 72.6 Å². The summed E-state index contributed by atoms with van der Waals surface area (Å²) in [5.74, 6) is 0.182. The molecular formula is C30H37NO3. The maximum atomic E-state index is 13.0. The van der Waals surface area contributed by atoms with Gasteiger partial charge in [0.2, 0.25) is 0 Å². The normalized spacial score (nSPS) is 12.4. The van der Waals surface area contributed by atoms with Crippen molar-refractivity contribution in [1.29, 1.82) is 0 Å². The van der Waals surface area contributed by atoms with Crippen LogP contribution in [0.4, 0.5) is 0 Å². The quantitative estimate of drug-likeness (QED) is 0.284. The van der Waals surface area contributed by atoms with Crippen LogP contribution in [-0.2, 0) is 6.61 Å². The van der Waals surface area contributed by atoms with Gasteiger partial charge in [-0.2, -0.15) is 0 Å². The number of benzene rings is 3. The minimum atomic E-state index is -0.379. The lowest BCUT2D eigenvalue weighted by Crippen LogP contribution is -2.38. The topological polar surface area (TPSA) is 49.8 Å².